The van der Waals surface area contributed by atoms with Gasteiger partial charge in [0.05, 0.1) is 6.10 Å². The van der Waals surface area contributed by atoms with Crippen LogP contribution in [0, 0.1) is 11.3 Å². The van der Waals surface area contributed by atoms with E-state index in [0.29, 0.717) is 5.92 Å². The second-order valence-corrected chi connectivity index (χ2v) is 7.68. The zero-order valence-corrected chi connectivity index (χ0v) is 15.9. The van der Waals surface area contributed by atoms with Gasteiger partial charge in [0.1, 0.15) is 0 Å². The molecule has 0 fully saturated rings. The van der Waals surface area contributed by atoms with Gasteiger partial charge < -0.3 is 10.8 Å². The largest absolute Gasteiger partial charge is 0.391 e. The standard InChI is InChI=1S/C23H35NO/c1-3-15-23(16-4-2,18-20-13-9-6-10-14-20)22(25)21(24)17-19-11-7-5-8-12-19/h5-11,13-14,19,21-22,25H,3-4,12,15-18,24H2,1-2H3/t19-,21-,22?/m0/s1. The molecule has 2 heteroatoms. The van der Waals surface area contributed by atoms with Gasteiger partial charge in [-0.3, -0.25) is 0 Å². The SMILES string of the molecule is CCCC(CCC)(Cc1ccccc1)C(O)[C@@H](N)C[C@H]1C=CC=CC1. The van der Waals surface area contributed by atoms with Gasteiger partial charge in [0.25, 0.3) is 0 Å². The van der Waals surface area contributed by atoms with E-state index in [2.05, 4.69) is 68.5 Å². The molecule has 0 aromatic heterocycles. The van der Waals surface area contributed by atoms with Crippen molar-refractivity contribution in [3.05, 3.63) is 60.2 Å². The van der Waals surface area contributed by atoms with Crippen LogP contribution in [0.3, 0.4) is 0 Å². The molecule has 0 heterocycles. The van der Waals surface area contributed by atoms with Crippen molar-refractivity contribution in [2.45, 2.75) is 70.9 Å². The van der Waals surface area contributed by atoms with E-state index >= 15 is 0 Å². The van der Waals surface area contributed by atoms with Gasteiger partial charge in [0.2, 0.25) is 0 Å². The van der Waals surface area contributed by atoms with Crippen LogP contribution >= 0.6 is 0 Å². The molecule has 138 valence electrons. The van der Waals surface area contributed by atoms with E-state index in [1.807, 2.05) is 0 Å². The van der Waals surface area contributed by atoms with Crippen LogP contribution in [0.15, 0.2) is 54.6 Å². The van der Waals surface area contributed by atoms with Crippen LogP contribution in [0.4, 0.5) is 0 Å². The minimum atomic E-state index is -0.466. The van der Waals surface area contributed by atoms with Gasteiger partial charge in [0, 0.05) is 11.5 Å². The Balaban J connectivity index is 2.16. The number of rotatable bonds is 10. The Labute approximate surface area is 153 Å². The summed E-state index contributed by atoms with van der Waals surface area (Å²) < 4.78 is 0. The van der Waals surface area contributed by atoms with Gasteiger partial charge in [-0.25, -0.2) is 0 Å². The maximum Gasteiger partial charge on any atom is 0.0750 e. The van der Waals surface area contributed by atoms with Gasteiger partial charge in [-0.1, -0.05) is 81.3 Å². The number of nitrogens with two attached hydrogens (primary N) is 1. The monoisotopic (exact) mass is 341 g/mol. The first-order valence-corrected chi connectivity index (χ1v) is 9.92. The van der Waals surface area contributed by atoms with Gasteiger partial charge in [-0.2, -0.15) is 0 Å². The first kappa shape index (κ1) is 19.9. The predicted octanol–water partition coefficient (Wildman–Crippen LogP) is 5.03. The Bertz CT molecular complexity index is 542. The molecule has 1 aromatic rings. The molecule has 0 radical (unpaired) electrons. The van der Waals surface area contributed by atoms with Crippen molar-refractivity contribution in [2.24, 2.45) is 17.1 Å². The van der Waals surface area contributed by atoms with E-state index in [1.54, 1.807) is 0 Å². The third-order valence-electron chi connectivity index (χ3n) is 5.57. The highest BCUT2D eigenvalue weighted by atomic mass is 16.3. The number of hydrogen-bond donors (Lipinski definition) is 2. The third-order valence-corrected chi connectivity index (χ3v) is 5.57. The van der Waals surface area contributed by atoms with E-state index in [0.717, 1.165) is 44.9 Å². The molecular formula is C23H35NO. The van der Waals surface area contributed by atoms with Crippen LogP contribution in [0.25, 0.3) is 0 Å². The summed E-state index contributed by atoms with van der Waals surface area (Å²) in [6, 6.07) is 10.4. The number of aliphatic hydroxyl groups excluding tert-OH is 1. The fourth-order valence-electron chi connectivity index (χ4n) is 4.44. The lowest BCUT2D eigenvalue weighted by atomic mass is 9.67. The van der Waals surface area contributed by atoms with Crippen molar-refractivity contribution in [1.82, 2.24) is 0 Å². The molecule has 1 unspecified atom stereocenters. The second kappa shape index (κ2) is 9.94. The van der Waals surface area contributed by atoms with Gasteiger partial charge in [-0.05, 0) is 43.6 Å². The third kappa shape index (κ3) is 5.55. The molecule has 25 heavy (non-hydrogen) atoms. The normalized spacial score (nSPS) is 19.8. The summed E-state index contributed by atoms with van der Waals surface area (Å²) in [4.78, 5) is 0. The smallest absolute Gasteiger partial charge is 0.0750 e. The summed E-state index contributed by atoms with van der Waals surface area (Å²) in [6.07, 6.45) is 15.1. The van der Waals surface area contributed by atoms with E-state index < -0.39 is 6.10 Å². The molecule has 0 saturated carbocycles. The molecule has 1 aliphatic rings. The van der Waals surface area contributed by atoms with Crippen LogP contribution in [-0.4, -0.2) is 17.3 Å². The summed E-state index contributed by atoms with van der Waals surface area (Å²) in [5.41, 5.74) is 7.72. The molecule has 3 N–H and O–H groups in total. The average molecular weight is 342 g/mol. The summed E-state index contributed by atoms with van der Waals surface area (Å²) in [7, 11) is 0. The summed E-state index contributed by atoms with van der Waals surface area (Å²) >= 11 is 0. The zero-order valence-electron chi connectivity index (χ0n) is 15.9. The molecule has 0 aliphatic heterocycles. The lowest BCUT2D eigenvalue weighted by molar-refractivity contribution is -0.0125. The number of benzene rings is 1. The van der Waals surface area contributed by atoms with Crippen LogP contribution in [0.5, 0.6) is 0 Å². The van der Waals surface area contributed by atoms with Crippen molar-refractivity contribution in [2.75, 3.05) is 0 Å². The zero-order chi connectivity index (χ0) is 18.1. The quantitative estimate of drug-likeness (QED) is 0.627. The molecular weight excluding hydrogens is 306 g/mol. The molecule has 0 amide bonds. The molecule has 3 atom stereocenters. The number of hydrogen-bond acceptors (Lipinski definition) is 2. The summed E-state index contributed by atoms with van der Waals surface area (Å²) in [5.74, 6) is 0.451. The van der Waals surface area contributed by atoms with E-state index in [9.17, 15) is 5.11 Å². The minimum absolute atomic E-state index is 0.126. The fourth-order valence-corrected chi connectivity index (χ4v) is 4.44. The topological polar surface area (TPSA) is 46.2 Å². The summed E-state index contributed by atoms with van der Waals surface area (Å²) in [6.45, 7) is 4.42. The molecule has 0 spiro atoms. The highest BCUT2D eigenvalue weighted by Crippen LogP contribution is 2.39. The maximum absolute atomic E-state index is 11.3. The van der Waals surface area contributed by atoms with Crippen molar-refractivity contribution < 1.29 is 5.11 Å². The van der Waals surface area contributed by atoms with Crippen molar-refractivity contribution in [3.8, 4) is 0 Å². The van der Waals surface area contributed by atoms with Crippen molar-refractivity contribution in [3.63, 3.8) is 0 Å². The molecule has 1 aromatic carbocycles. The van der Waals surface area contributed by atoms with Crippen molar-refractivity contribution in [1.29, 1.82) is 0 Å². The Kier molecular flexibility index (Phi) is 7.92. The second-order valence-electron chi connectivity index (χ2n) is 7.68. The lowest BCUT2D eigenvalue weighted by Crippen LogP contribution is -2.49. The highest BCUT2D eigenvalue weighted by molar-refractivity contribution is 5.18. The highest BCUT2D eigenvalue weighted by Gasteiger charge is 2.40. The minimum Gasteiger partial charge on any atom is -0.391 e. The Morgan fingerprint density at radius 2 is 1.80 bits per heavy atom. The average Bonchev–Trinajstić information content (AvgIpc) is 2.63. The predicted molar refractivity (Wildman–Crippen MR) is 107 cm³/mol. The first-order valence-electron chi connectivity index (χ1n) is 9.92. The lowest BCUT2D eigenvalue weighted by Gasteiger charge is -2.42. The molecule has 0 bridgehead atoms. The van der Waals surface area contributed by atoms with Crippen molar-refractivity contribution >= 4 is 0 Å². The Morgan fingerprint density at radius 1 is 1.12 bits per heavy atom. The van der Waals surface area contributed by atoms with Crippen LogP contribution in [0.2, 0.25) is 0 Å². The molecule has 2 rings (SSSR count). The summed E-state index contributed by atoms with van der Waals surface area (Å²) in [5, 5.41) is 11.3. The van der Waals surface area contributed by atoms with E-state index in [4.69, 9.17) is 5.73 Å². The Hall–Kier alpha value is -1.38. The number of aliphatic hydroxyl groups is 1. The number of allylic oxidation sites excluding steroid dienone is 4. The molecule has 1 aliphatic carbocycles. The van der Waals surface area contributed by atoms with E-state index in [1.165, 1.54) is 5.56 Å². The van der Waals surface area contributed by atoms with Crippen LogP contribution < -0.4 is 5.73 Å². The molecule has 2 nitrogen and oxygen atoms in total. The fraction of sp³-hybridized carbons (Fsp3) is 0.565. The van der Waals surface area contributed by atoms with Gasteiger partial charge in [-0.15, -0.1) is 0 Å². The van der Waals surface area contributed by atoms with Gasteiger partial charge in [0.15, 0.2) is 0 Å². The van der Waals surface area contributed by atoms with Crippen LogP contribution in [0.1, 0.15) is 57.9 Å². The Morgan fingerprint density at radius 3 is 2.36 bits per heavy atom. The van der Waals surface area contributed by atoms with Crippen LogP contribution in [-0.2, 0) is 6.42 Å². The van der Waals surface area contributed by atoms with E-state index in [-0.39, 0.29) is 11.5 Å². The molecule has 0 saturated heterocycles. The first-order chi connectivity index (χ1) is 12.1. The van der Waals surface area contributed by atoms with Gasteiger partial charge >= 0.3 is 0 Å². The maximum atomic E-state index is 11.3.